The molecule has 1 aliphatic rings. The number of halogens is 2. The van der Waals surface area contributed by atoms with Gasteiger partial charge in [-0.25, -0.2) is 19.2 Å². The fraction of sp³-hybridized carbons (Fsp3) is 0.320. The van der Waals surface area contributed by atoms with Gasteiger partial charge in [-0.3, -0.25) is 0 Å². The molecule has 10 heteroatoms. The molecule has 0 unspecified atom stereocenters. The van der Waals surface area contributed by atoms with Crippen LogP contribution in [0.4, 0.5) is 9.18 Å². The van der Waals surface area contributed by atoms with Gasteiger partial charge in [0, 0.05) is 40.2 Å². The number of pyridine rings is 1. The number of oxazole rings is 1. The highest BCUT2D eigenvalue weighted by molar-refractivity contribution is 7.18. The molecule has 3 aromatic heterocycles. The Hall–Kier alpha value is -3.17. The van der Waals surface area contributed by atoms with E-state index < -0.39 is 17.5 Å². The van der Waals surface area contributed by atoms with Crippen molar-refractivity contribution in [1.82, 2.24) is 14.9 Å². The predicted octanol–water partition coefficient (Wildman–Crippen LogP) is 6.71. The lowest BCUT2D eigenvalue weighted by atomic mass is 10.0. The molecule has 0 radical (unpaired) electrons. The van der Waals surface area contributed by atoms with Crippen molar-refractivity contribution in [2.45, 2.75) is 39.3 Å². The number of nitrogens with zero attached hydrogens (tertiary/aromatic N) is 3. The molecule has 1 aliphatic heterocycles. The van der Waals surface area contributed by atoms with Crippen molar-refractivity contribution in [3.8, 4) is 28.5 Å². The number of methoxy groups -OCH3 is 1. The summed E-state index contributed by atoms with van der Waals surface area (Å²) in [7, 11) is 1.49. The second-order valence-electron chi connectivity index (χ2n) is 9.18. The number of carbonyl (C=O) groups is 1. The summed E-state index contributed by atoms with van der Waals surface area (Å²) < 4.78 is 32.0. The minimum Gasteiger partial charge on any atom is -0.496 e. The Morgan fingerprint density at radius 1 is 1.26 bits per heavy atom. The predicted molar refractivity (Wildman–Crippen MR) is 132 cm³/mol. The third kappa shape index (κ3) is 4.46. The number of amides is 1. The SMILES string of the molecule is COc1cc(F)ccc1-c1c(-c2nc3c(o2)CCN(C(=O)OC(C)(C)C)C3)nc(Cl)c2ccsc12. The van der Waals surface area contributed by atoms with Gasteiger partial charge >= 0.3 is 6.09 Å². The number of hydrogen-bond donors (Lipinski definition) is 0. The van der Waals surface area contributed by atoms with E-state index in [1.165, 1.54) is 30.6 Å². The molecule has 7 nitrogen and oxygen atoms in total. The van der Waals surface area contributed by atoms with Crippen molar-refractivity contribution in [3.05, 3.63) is 52.1 Å². The Kier molecular flexibility index (Phi) is 5.93. The number of fused-ring (bicyclic) bond motifs is 2. The molecule has 1 aromatic carbocycles. The molecule has 182 valence electrons. The molecule has 4 heterocycles. The van der Waals surface area contributed by atoms with Crippen molar-refractivity contribution in [2.75, 3.05) is 13.7 Å². The van der Waals surface area contributed by atoms with Crippen molar-refractivity contribution in [1.29, 1.82) is 0 Å². The number of ether oxygens (including phenoxy) is 2. The fourth-order valence-corrected chi connectivity index (χ4v) is 5.30. The summed E-state index contributed by atoms with van der Waals surface area (Å²) in [5, 5.41) is 3.00. The quantitative estimate of drug-likeness (QED) is 0.282. The van der Waals surface area contributed by atoms with Gasteiger partial charge in [0.2, 0.25) is 5.89 Å². The highest BCUT2D eigenvalue weighted by Crippen LogP contribution is 2.45. The highest BCUT2D eigenvalue weighted by Gasteiger charge is 2.31. The molecule has 1 amide bonds. The number of hydrogen-bond acceptors (Lipinski definition) is 7. The van der Waals surface area contributed by atoms with E-state index in [0.717, 1.165) is 10.1 Å². The average molecular weight is 516 g/mol. The summed E-state index contributed by atoms with van der Waals surface area (Å²) in [6, 6.07) is 6.23. The molecule has 0 saturated heterocycles. The van der Waals surface area contributed by atoms with Crippen LogP contribution in [0.3, 0.4) is 0 Å². The van der Waals surface area contributed by atoms with Gasteiger partial charge in [0.05, 0.1) is 13.7 Å². The molecule has 35 heavy (non-hydrogen) atoms. The van der Waals surface area contributed by atoms with E-state index >= 15 is 0 Å². The molecule has 0 spiro atoms. The Morgan fingerprint density at radius 3 is 2.80 bits per heavy atom. The van der Waals surface area contributed by atoms with E-state index in [4.69, 9.17) is 30.5 Å². The Morgan fingerprint density at radius 2 is 2.06 bits per heavy atom. The maximum atomic E-state index is 14.0. The first kappa shape index (κ1) is 23.6. The van der Waals surface area contributed by atoms with Gasteiger partial charge < -0.3 is 18.8 Å². The van der Waals surface area contributed by atoms with Crippen molar-refractivity contribution in [3.63, 3.8) is 0 Å². The van der Waals surface area contributed by atoms with Gasteiger partial charge in [-0.2, -0.15) is 0 Å². The number of carbonyl (C=O) groups excluding carboxylic acids is 1. The van der Waals surface area contributed by atoms with E-state index in [2.05, 4.69) is 4.98 Å². The third-order valence-corrected chi connectivity index (χ3v) is 6.80. The van der Waals surface area contributed by atoms with Crippen molar-refractivity contribution >= 4 is 39.1 Å². The largest absolute Gasteiger partial charge is 0.496 e. The zero-order valence-electron chi connectivity index (χ0n) is 19.6. The van der Waals surface area contributed by atoms with Gasteiger partial charge in [0.25, 0.3) is 0 Å². The minimum atomic E-state index is -0.591. The van der Waals surface area contributed by atoms with Crippen LogP contribution >= 0.6 is 22.9 Å². The normalized spacial score (nSPS) is 13.7. The van der Waals surface area contributed by atoms with Crippen LogP contribution in [-0.4, -0.2) is 40.2 Å². The number of thiophene rings is 1. The van der Waals surface area contributed by atoms with Gasteiger partial charge in [0.15, 0.2) is 0 Å². The first-order valence-electron chi connectivity index (χ1n) is 11.0. The third-order valence-electron chi connectivity index (χ3n) is 5.58. The van der Waals surface area contributed by atoms with Gasteiger partial charge in [-0.05, 0) is 44.4 Å². The zero-order chi connectivity index (χ0) is 24.9. The molecular formula is C25H23ClFN3O4S. The lowest BCUT2D eigenvalue weighted by molar-refractivity contribution is 0.0217. The smallest absolute Gasteiger partial charge is 0.410 e. The molecule has 0 N–H and O–H groups in total. The summed E-state index contributed by atoms with van der Waals surface area (Å²) >= 11 is 8.02. The first-order valence-corrected chi connectivity index (χ1v) is 12.3. The molecule has 4 aromatic rings. The number of rotatable bonds is 3. The summed E-state index contributed by atoms with van der Waals surface area (Å²) in [5.74, 6) is 0.906. The standard InChI is InChI=1S/C25H23ClFN3O4S/c1-25(2,3)34-24(31)30-9-7-17-16(12-30)28-23(33-17)20-19(14-6-5-13(27)11-18(14)32-4)21-15(8-10-35-21)22(26)29-20/h5-6,8,10-11H,7,9,12H2,1-4H3. The highest BCUT2D eigenvalue weighted by atomic mass is 35.5. The Bertz CT molecular complexity index is 1440. The monoisotopic (exact) mass is 515 g/mol. The molecular weight excluding hydrogens is 493 g/mol. The van der Waals surface area contributed by atoms with E-state index in [-0.39, 0.29) is 12.4 Å². The van der Waals surface area contributed by atoms with Crippen molar-refractivity contribution < 1.29 is 23.1 Å². The lowest BCUT2D eigenvalue weighted by Crippen LogP contribution is -2.39. The first-order chi connectivity index (χ1) is 16.6. The van der Waals surface area contributed by atoms with Crippen LogP contribution < -0.4 is 4.74 Å². The van der Waals surface area contributed by atoms with Crippen LogP contribution in [0.25, 0.3) is 32.8 Å². The summed E-state index contributed by atoms with van der Waals surface area (Å²) in [6.07, 6.45) is 0.0942. The fourth-order valence-electron chi connectivity index (χ4n) is 4.05. The van der Waals surface area contributed by atoms with E-state index in [9.17, 15) is 9.18 Å². The zero-order valence-corrected chi connectivity index (χ0v) is 21.2. The summed E-state index contributed by atoms with van der Waals surface area (Å²) in [6.45, 7) is 6.20. The second kappa shape index (κ2) is 8.80. The van der Waals surface area contributed by atoms with Gasteiger partial charge in [-0.15, -0.1) is 11.3 Å². The molecule has 0 bridgehead atoms. The molecule has 0 atom stereocenters. The van der Waals surface area contributed by atoms with Gasteiger partial charge in [0.1, 0.15) is 39.5 Å². The van der Waals surface area contributed by atoms with E-state index in [1.54, 1.807) is 11.0 Å². The molecule has 0 saturated carbocycles. The van der Waals surface area contributed by atoms with Crippen LogP contribution in [0.15, 0.2) is 34.1 Å². The summed E-state index contributed by atoms with van der Waals surface area (Å²) in [4.78, 5) is 23.5. The van der Waals surface area contributed by atoms with Crippen molar-refractivity contribution in [2.24, 2.45) is 0 Å². The molecule has 5 rings (SSSR count). The van der Waals surface area contributed by atoms with E-state index in [1.807, 2.05) is 32.2 Å². The van der Waals surface area contributed by atoms with Crippen LogP contribution in [-0.2, 0) is 17.7 Å². The van der Waals surface area contributed by atoms with E-state index in [0.29, 0.717) is 52.1 Å². The maximum absolute atomic E-state index is 14.0. The van der Waals surface area contributed by atoms with Gasteiger partial charge in [-0.1, -0.05) is 11.6 Å². The Labute approximate surface area is 210 Å². The summed E-state index contributed by atoms with van der Waals surface area (Å²) in [5.41, 5.74) is 1.81. The number of aromatic nitrogens is 2. The maximum Gasteiger partial charge on any atom is 0.410 e. The van der Waals surface area contributed by atoms with Crippen LogP contribution in [0.2, 0.25) is 5.15 Å². The lowest BCUT2D eigenvalue weighted by Gasteiger charge is -2.28. The Balaban J connectivity index is 1.61. The molecule has 0 fully saturated rings. The second-order valence-corrected chi connectivity index (χ2v) is 10.4. The number of benzene rings is 1. The molecule has 0 aliphatic carbocycles. The average Bonchev–Trinajstić information content (AvgIpc) is 3.45. The van der Waals surface area contributed by atoms with Crippen LogP contribution in [0.1, 0.15) is 32.2 Å². The van der Waals surface area contributed by atoms with Crippen LogP contribution in [0.5, 0.6) is 5.75 Å². The topological polar surface area (TPSA) is 77.7 Å². The van der Waals surface area contributed by atoms with Crippen LogP contribution in [0, 0.1) is 5.82 Å². The minimum absolute atomic E-state index is 0.262.